The fourth-order valence-electron chi connectivity index (χ4n) is 4.06. The second kappa shape index (κ2) is 9.31. The zero-order valence-electron chi connectivity index (χ0n) is 18.7. The van der Waals surface area contributed by atoms with E-state index in [0.29, 0.717) is 16.8 Å². The van der Waals surface area contributed by atoms with Crippen LogP contribution in [0.4, 0.5) is 5.69 Å². The number of carbonyl (C=O) groups is 1. The average molecular weight is 526 g/mol. The van der Waals surface area contributed by atoms with Crippen molar-refractivity contribution >= 4 is 69.3 Å². The number of fused-ring (bicyclic) bond motifs is 1. The fraction of sp³-hybridized carbons (Fsp3) is 0.174. The second-order valence-corrected chi connectivity index (χ2v) is 11.3. The summed E-state index contributed by atoms with van der Waals surface area (Å²) in [5, 5.41) is 19.4. The molecular weight excluding hydrogens is 505 g/mol. The number of carbonyl (C=O) groups excluding carboxylic acids is 1. The van der Waals surface area contributed by atoms with Crippen LogP contribution in [-0.2, 0) is 14.8 Å². The molecular formula is C23H21BClN5O3S2. The minimum Gasteiger partial charge on any atom is -0.324 e. The Balaban J connectivity index is 1.37. The molecule has 1 saturated carbocycles. The summed E-state index contributed by atoms with van der Waals surface area (Å²) in [6.07, 6.45) is 2.44. The van der Waals surface area contributed by atoms with Crippen LogP contribution in [0, 0.1) is 0 Å². The SMILES string of the molecule is Bc1nnc(SCC(=O)Nc2ccc(S(N)(=O)=O)cc2Cl)n1-c1ccc(C2CC2)c2ccccc12. The molecule has 3 N–H and O–H groups in total. The summed E-state index contributed by atoms with van der Waals surface area (Å²) in [6, 6.07) is 16.5. The number of halogens is 1. The first-order valence-corrected chi connectivity index (χ1v) is 13.8. The lowest BCUT2D eigenvalue weighted by atomic mass is 9.99. The molecule has 0 radical (unpaired) electrons. The maximum Gasteiger partial charge on any atom is 0.238 e. The van der Waals surface area contributed by atoms with Gasteiger partial charge in [-0.05, 0) is 54.0 Å². The van der Waals surface area contributed by atoms with E-state index in [4.69, 9.17) is 16.7 Å². The summed E-state index contributed by atoms with van der Waals surface area (Å²) in [5.41, 5.74) is 3.36. The highest BCUT2D eigenvalue weighted by atomic mass is 35.5. The molecule has 0 aliphatic heterocycles. The quantitative estimate of drug-likeness (QED) is 0.283. The van der Waals surface area contributed by atoms with Gasteiger partial charge >= 0.3 is 0 Å². The van der Waals surface area contributed by atoms with E-state index >= 15 is 0 Å². The highest BCUT2D eigenvalue weighted by Crippen LogP contribution is 2.44. The molecule has 3 aromatic carbocycles. The van der Waals surface area contributed by atoms with Crippen LogP contribution in [0.15, 0.2) is 64.6 Å². The number of hydrogen-bond acceptors (Lipinski definition) is 6. The second-order valence-electron chi connectivity index (χ2n) is 8.38. The van der Waals surface area contributed by atoms with Gasteiger partial charge in [-0.15, -0.1) is 10.2 Å². The van der Waals surface area contributed by atoms with E-state index in [1.54, 1.807) is 0 Å². The predicted octanol–water partition coefficient (Wildman–Crippen LogP) is 2.59. The van der Waals surface area contributed by atoms with Gasteiger partial charge in [0.1, 0.15) is 0 Å². The molecule has 1 heterocycles. The van der Waals surface area contributed by atoms with Crippen LogP contribution in [0.25, 0.3) is 16.5 Å². The molecule has 12 heteroatoms. The van der Waals surface area contributed by atoms with Gasteiger partial charge in [0.25, 0.3) is 0 Å². The van der Waals surface area contributed by atoms with Gasteiger partial charge in [0.2, 0.25) is 15.9 Å². The van der Waals surface area contributed by atoms with E-state index in [0.717, 1.165) is 16.8 Å². The topological polar surface area (TPSA) is 120 Å². The van der Waals surface area contributed by atoms with Crippen molar-refractivity contribution in [3.63, 3.8) is 0 Å². The zero-order chi connectivity index (χ0) is 24.7. The van der Waals surface area contributed by atoms with Gasteiger partial charge in [-0.2, -0.15) is 0 Å². The van der Waals surface area contributed by atoms with E-state index in [9.17, 15) is 13.2 Å². The highest BCUT2D eigenvalue weighted by molar-refractivity contribution is 7.99. The maximum atomic E-state index is 12.6. The van der Waals surface area contributed by atoms with Gasteiger partial charge in [0, 0.05) is 5.39 Å². The summed E-state index contributed by atoms with van der Waals surface area (Å²) in [7, 11) is -2.00. The largest absolute Gasteiger partial charge is 0.324 e. The molecule has 0 bridgehead atoms. The first-order valence-electron chi connectivity index (χ1n) is 10.9. The van der Waals surface area contributed by atoms with Crippen molar-refractivity contribution in [2.24, 2.45) is 5.14 Å². The minimum absolute atomic E-state index is 0.0590. The first kappa shape index (κ1) is 23.9. The van der Waals surface area contributed by atoms with E-state index in [1.807, 2.05) is 18.5 Å². The number of nitrogens with two attached hydrogens (primary N) is 1. The number of benzene rings is 3. The molecule has 1 aromatic heterocycles. The Bertz CT molecular complexity index is 1570. The smallest absolute Gasteiger partial charge is 0.238 e. The Labute approximate surface area is 212 Å². The van der Waals surface area contributed by atoms with Crippen LogP contribution in [0.3, 0.4) is 0 Å². The molecule has 1 fully saturated rings. The standard InChI is InChI=1S/C23H21BClN5O3S2/c24-22-28-29-23(34-12-21(31)27-19-9-7-14(11-18(19)25)35(26,32)33)30(22)20-10-8-15(13-5-6-13)16-3-1-2-4-17(16)20/h1-4,7-11,13H,5-6,12,24H2,(H,27,31)(H2,26,32,33). The van der Waals surface area contributed by atoms with Crippen molar-refractivity contribution in [1.29, 1.82) is 0 Å². The van der Waals surface area contributed by atoms with Gasteiger partial charge in [0.15, 0.2) is 13.0 Å². The van der Waals surface area contributed by atoms with Crippen LogP contribution in [0.5, 0.6) is 0 Å². The number of sulfonamides is 1. The van der Waals surface area contributed by atoms with E-state index < -0.39 is 10.0 Å². The predicted molar refractivity (Wildman–Crippen MR) is 141 cm³/mol. The van der Waals surface area contributed by atoms with Crippen molar-refractivity contribution in [3.8, 4) is 5.69 Å². The lowest BCUT2D eigenvalue weighted by Crippen LogP contribution is -2.19. The summed E-state index contributed by atoms with van der Waals surface area (Å²) < 4.78 is 24.9. The third kappa shape index (κ3) is 4.94. The van der Waals surface area contributed by atoms with Crippen LogP contribution in [0.2, 0.25) is 5.02 Å². The molecule has 0 atom stereocenters. The number of hydrogen-bond donors (Lipinski definition) is 2. The molecule has 1 aliphatic rings. The number of amides is 1. The number of nitrogens with zero attached hydrogens (tertiary/aromatic N) is 3. The number of rotatable bonds is 7. The molecule has 8 nitrogen and oxygen atoms in total. The third-order valence-electron chi connectivity index (χ3n) is 5.86. The normalized spacial score (nSPS) is 13.8. The third-order valence-corrected chi connectivity index (χ3v) is 8.02. The van der Waals surface area contributed by atoms with E-state index in [2.05, 4.69) is 45.8 Å². The summed E-state index contributed by atoms with van der Waals surface area (Å²) >= 11 is 7.39. The van der Waals surface area contributed by atoms with Crippen molar-refractivity contribution in [3.05, 3.63) is 65.2 Å². The Hall–Kier alpha value is -2.86. The Morgan fingerprint density at radius 1 is 1.14 bits per heavy atom. The monoisotopic (exact) mass is 525 g/mol. The molecule has 0 spiro atoms. The van der Waals surface area contributed by atoms with Crippen molar-refractivity contribution in [1.82, 2.24) is 14.8 Å². The molecule has 0 saturated heterocycles. The number of primary sulfonamides is 1. The average Bonchev–Trinajstić information content (AvgIpc) is 3.60. The lowest BCUT2D eigenvalue weighted by Gasteiger charge is -2.14. The van der Waals surface area contributed by atoms with Crippen molar-refractivity contribution < 1.29 is 13.2 Å². The fourth-order valence-corrected chi connectivity index (χ4v) is 5.68. The van der Waals surface area contributed by atoms with Crippen LogP contribution >= 0.6 is 23.4 Å². The molecule has 4 aromatic rings. The highest BCUT2D eigenvalue weighted by Gasteiger charge is 2.26. The van der Waals surface area contributed by atoms with Crippen molar-refractivity contribution in [2.75, 3.05) is 11.1 Å². The molecule has 5 rings (SSSR count). The summed E-state index contributed by atoms with van der Waals surface area (Å²) in [5.74, 6) is 0.365. The molecule has 35 heavy (non-hydrogen) atoms. The zero-order valence-corrected chi connectivity index (χ0v) is 21.1. The van der Waals surface area contributed by atoms with Crippen molar-refractivity contribution in [2.45, 2.75) is 28.8 Å². The lowest BCUT2D eigenvalue weighted by molar-refractivity contribution is -0.113. The Kier molecular flexibility index (Phi) is 6.35. The summed E-state index contributed by atoms with van der Waals surface area (Å²) in [4.78, 5) is 12.5. The van der Waals surface area contributed by atoms with Crippen LogP contribution in [-0.4, -0.2) is 42.7 Å². The number of nitrogens with one attached hydrogen (secondary N) is 1. The van der Waals surface area contributed by atoms with E-state index in [-0.39, 0.29) is 21.6 Å². The Morgan fingerprint density at radius 3 is 2.57 bits per heavy atom. The molecule has 1 aliphatic carbocycles. The van der Waals surface area contributed by atoms with Crippen LogP contribution < -0.4 is 16.2 Å². The van der Waals surface area contributed by atoms with Gasteiger partial charge < -0.3 is 5.32 Å². The first-order chi connectivity index (χ1) is 16.7. The Morgan fingerprint density at radius 2 is 1.89 bits per heavy atom. The summed E-state index contributed by atoms with van der Waals surface area (Å²) in [6.45, 7) is 0. The molecule has 0 unspecified atom stereocenters. The van der Waals surface area contributed by atoms with Gasteiger partial charge in [0.05, 0.1) is 32.8 Å². The minimum atomic E-state index is -3.88. The number of aromatic nitrogens is 3. The molecule has 1 amide bonds. The van der Waals surface area contributed by atoms with Gasteiger partial charge in [-0.1, -0.05) is 53.7 Å². The number of anilines is 1. The van der Waals surface area contributed by atoms with E-state index in [1.165, 1.54) is 53.8 Å². The van der Waals surface area contributed by atoms with Gasteiger partial charge in [-0.3, -0.25) is 9.36 Å². The van der Waals surface area contributed by atoms with Gasteiger partial charge in [-0.25, -0.2) is 13.6 Å². The number of thioether (sulfide) groups is 1. The maximum absolute atomic E-state index is 12.6. The van der Waals surface area contributed by atoms with Crippen LogP contribution in [0.1, 0.15) is 24.3 Å². The molecule has 178 valence electrons.